The smallest absolute Gasteiger partial charge is 0.259 e. The fraction of sp³-hybridized carbons (Fsp3) is 0.458. The standard InChI is InChI=1S/C24H30N2O2S/c1-4-5-17-6-7-18(13-22(17)28-3)21-15-26(2)24(27)20-14-19(29-23(20)21)12-16-8-10-25-11-9-16/h6-7,13-16,25H,4-5,8-12H2,1-3H3. The monoisotopic (exact) mass is 410 g/mol. The summed E-state index contributed by atoms with van der Waals surface area (Å²) in [6, 6.07) is 8.59. The molecule has 0 saturated carbocycles. The Labute approximate surface area is 176 Å². The molecule has 1 aliphatic rings. The van der Waals surface area contributed by atoms with Crippen LogP contribution >= 0.6 is 11.3 Å². The molecule has 0 bridgehead atoms. The highest BCUT2D eigenvalue weighted by Crippen LogP contribution is 2.37. The second-order valence-electron chi connectivity index (χ2n) is 8.09. The zero-order chi connectivity index (χ0) is 20.4. The molecule has 4 nitrogen and oxygen atoms in total. The number of aromatic nitrogens is 1. The average Bonchev–Trinajstić information content (AvgIpc) is 3.16. The Kier molecular flexibility index (Phi) is 6.07. The van der Waals surface area contributed by atoms with Gasteiger partial charge in [0.1, 0.15) is 5.75 Å². The highest BCUT2D eigenvalue weighted by Gasteiger charge is 2.18. The summed E-state index contributed by atoms with van der Waals surface area (Å²) in [6.45, 7) is 4.39. The summed E-state index contributed by atoms with van der Waals surface area (Å²) < 4.78 is 8.47. The van der Waals surface area contributed by atoms with Crippen molar-refractivity contribution in [3.8, 4) is 16.9 Å². The van der Waals surface area contributed by atoms with Crippen molar-refractivity contribution >= 4 is 21.4 Å². The number of nitrogens with zero attached hydrogens (tertiary/aromatic N) is 1. The third kappa shape index (κ3) is 4.12. The minimum atomic E-state index is 0.0890. The molecular weight excluding hydrogens is 380 g/mol. The molecule has 29 heavy (non-hydrogen) atoms. The number of pyridine rings is 1. The predicted molar refractivity (Wildman–Crippen MR) is 122 cm³/mol. The van der Waals surface area contributed by atoms with Gasteiger partial charge in [-0.05, 0) is 68.0 Å². The highest BCUT2D eigenvalue weighted by molar-refractivity contribution is 7.19. The Bertz CT molecular complexity index is 1060. The zero-order valence-corrected chi connectivity index (χ0v) is 18.4. The van der Waals surface area contributed by atoms with Crippen LogP contribution in [0.3, 0.4) is 0 Å². The van der Waals surface area contributed by atoms with Crippen LogP contribution in [0.25, 0.3) is 21.2 Å². The second-order valence-corrected chi connectivity index (χ2v) is 9.23. The number of nitrogens with one attached hydrogen (secondary N) is 1. The molecule has 1 fully saturated rings. The molecule has 1 N–H and O–H groups in total. The van der Waals surface area contributed by atoms with Crippen LogP contribution in [0.2, 0.25) is 0 Å². The van der Waals surface area contributed by atoms with Crippen LogP contribution in [0.4, 0.5) is 0 Å². The summed E-state index contributed by atoms with van der Waals surface area (Å²) in [6.07, 6.45) is 7.58. The molecule has 4 rings (SSSR count). The van der Waals surface area contributed by atoms with Gasteiger partial charge < -0.3 is 14.6 Å². The summed E-state index contributed by atoms with van der Waals surface area (Å²) in [5, 5.41) is 4.28. The molecule has 2 aromatic heterocycles. The van der Waals surface area contributed by atoms with Crippen LogP contribution in [0.1, 0.15) is 36.6 Å². The maximum Gasteiger partial charge on any atom is 0.259 e. The number of ether oxygens (including phenoxy) is 1. The lowest BCUT2D eigenvalue weighted by molar-refractivity contribution is 0.374. The van der Waals surface area contributed by atoms with Gasteiger partial charge in [-0.25, -0.2) is 0 Å². The summed E-state index contributed by atoms with van der Waals surface area (Å²) in [4.78, 5) is 14.1. The number of benzene rings is 1. The van der Waals surface area contributed by atoms with Crippen LogP contribution in [0, 0.1) is 5.92 Å². The normalized spacial score (nSPS) is 15.1. The van der Waals surface area contributed by atoms with E-state index in [1.165, 1.54) is 23.3 Å². The van der Waals surface area contributed by atoms with Gasteiger partial charge in [0.2, 0.25) is 0 Å². The van der Waals surface area contributed by atoms with Crippen LogP contribution < -0.4 is 15.6 Å². The molecule has 0 radical (unpaired) electrons. The number of piperidine rings is 1. The van der Waals surface area contributed by atoms with Gasteiger partial charge in [-0.2, -0.15) is 0 Å². The van der Waals surface area contributed by atoms with E-state index in [0.29, 0.717) is 5.92 Å². The Hall–Kier alpha value is -2.11. The van der Waals surface area contributed by atoms with Gasteiger partial charge in [0.25, 0.3) is 5.56 Å². The molecule has 5 heteroatoms. The van der Waals surface area contributed by atoms with Crippen molar-refractivity contribution in [3.63, 3.8) is 0 Å². The fourth-order valence-electron chi connectivity index (χ4n) is 4.37. The summed E-state index contributed by atoms with van der Waals surface area (Å²) in [5.41, 5.74) is 3.55. The second kappa shape index (κ2) is 8.72. The Morgan fingerprint density at radius 3 is 2.76 bits per heavy atom. The third-order valence-electron chi connectivity index (χ3n) is 5.97. The van der Waals surface area contributed by atoms with E-state index < -0.39 is 0 Å². The topological polar surface area (TPSA) is 43.3 Å². The van der Waals surface area contributed by atoms with Crippen LogP contribution in [-0.4, -0.2) is 24.8 Å². The molecule has 0 amide bonds. The van der Waals surface area contributed by atoms with Crippen molar-refractivity contribution < 1.29 is 4.74 Å². The van der Waals surface area contributed by atoms with Crippen molar-refractivity contribution in [2.24, 2.45) is 13.0 Å². The third-order valence-corrected chi connectivity index (χ3v) is 7.16. The van der Waals surface area contributed by atoms with Crippen molar-refractivity contribution in [1.82, 2.24) is 9.88 Å². The first kappa shape index (κ1) is 20.2. The van der Waals surface area contributed by atoms with Gasteiger partial charge in [0.05, 0.1) is 12.5 Å². The summed E-state index contributed by atoms with van der Waals surface area (Å²) in [5.74, 6) is 1.64. The first-order valence-corrected chi connectivity index (χ1v) is 11.4. The van der Waals surface area contributed by atoms with Crippen LogP contribution in [-0.2, 0) is 19.9 Å². The number of thiophene rings is 1. The van der Waals surface area contributed by atoms with Gasteiger partial charge >= 0.3 is 0 Å². The Balaban J connectivity index is 1.78. The minimum absolute atomic E-state index is 0.0890. The number of hydrogen-bond donors (Lipinski definition) is 1. The van der Waals surface area contributed by atoms with Crippen molar-refractivity contribution in [1.29, 1.82) is 0 Å². The van der Waals surface area contributed by atoms with Crippen molar-refractivity contribution in [2.45, 2.75) is 39.0 Å². The molecule has 154 valence electrons. The Morgan fingerprint density at radius 2 is 2.03 bits per heavy atom. The quantitative estimate of drug-likeness (QED) is 0.637. The van der Waals surface area contributed by atoms with Gasteiger partial charge in [0, 0.05) is 28.4 Å². The Morgan fingerprint density at radius 1 is 1.24 bits per heavy atom. The van der Waals surface area contributed by atoms with E-state index in [0.717, 1.165) is 59.3 Å². The predicted octanol–water partition coefficient (Wildman–Crippen LogP) is 4.77. The van der Waals surface area contributed by atoms with E-state index in [2.05, 4.69) is 36.5 Å². The molecule has 0 atom stereocenters. The number of methoxy groups -OCH3 is 1. The van der Waals surface area contributed by atoms with Gasteiger partial charge in [0.15, 0.2) is 0 Å². The van der Waals surface area contributed by atoms with Gasteiger partial charge in [-0.1, -0.05) is 25.5 Å². The SMILES string of the molecule is CCCc1ccc(-c2cn(C)c(=O)c3cc(CC4CCNCC4)sc23)cc1OC. The van der Waals surface area contributed by atoms with E-state index >= 15 is 0 Å². The van der Waals surface area contributed by atoms with Crippen molar-refractivity contribution in [3.05, 3.63) is 51.3 Å². The molecule has 3 aromatic rings. The number of rotatable bonds is 6. The zero-order valence-electron chi connectivity index (χ0n) is 17.6. The van der Waals surface area contributed by atoms with E-state index in [1.54, 1.807) is 23.0 Å². The first-order chi connectivity index (χ1) is 14.1. The first-order valence-electron chi connectivity index (χ1n) is 10.6. The lowest BCUT2D eigenvalue weighted by Crippen LogP contribution is -2.28. The molecule has 1 aliphatic heterocycles. The largest absolute Gasteiger partial charge is 0.496 e. The maximum atomic E-state index is 12.8. The lowest BCUT2D eigenvalue weighted by atomic mass is 9.94. The molecular formula is C24H30N2O2S. The summed E-state index contributed by atoms with van der Waals surface area (Å²) in [7, 11) is 3.58. The maximum absolute atomic E-state index is 12.8. The fourth-order valence-corrected chi connectivity index (χ4v) is 5.66. The number of aryl methyl sites for hydroxylation is 2. The molecule has 0 unspecified atom stereocenters. The van der Waals surface area contributed by atoms with Crippen LogP contribution in [0.15, 0.2) is 35.3 Å². The molecule has 0 spiro atoms. The van der Waals surface area contributed by atoms with Crippen molar-refractivity contribution in [2.75, 3.05) is 20.2 Å². The van der Waals surface area contributed by atoms with Crippen LogP contribution in [0.5, 0.6) is 5.75 Å². The molecule has 0 aliphatic carbocycles. The van der Waals surface area contributed by atoms with Gasteiger partial charge in [-0.15, -0.1) is 11.3 Å². The minimum Gasteiger partial charge on any atom is -0.496 e. The van der Waals surface area contributed by atoms with E-state index in [9.17, 15) is 4.79 Å². The lowest BCUT2D eigenvalue weighted by Gasteiger charge is -2.21. The summed E-state index contributed by atoms with van der Waals surface area (Å²) >= 11 is 1.79. The molecule has 1 aromatic carbocycles. The number of fused-ring (bicyclic) bond motifs is 1. The van der Waals surface area contributed by atoms with E-state index in [4.69, 9.17) is 4.74 Å². The highest BCUT2D eigenvalue weighted by atomic mass is 32.1. The molecule has 1 saturated heterocycles. The molecule has 3 heterocycles. The van der Waals surface area contributed by atoms with E-state index in [-0.39, 0.29) is 5.56 Å². The number of hydrogen-bond acceptors (Lipinski definition) is 4. The average molecular weight is 411 g/mol. The van der Waals surface area contributed by atoms with E-state index in [1.807, 2.05) is 13.2 Å². The van der Waals surface area contributed by atoms with Gasteiger partial charge in [-0.3, -0.25) is 4.79 Å².